The molecule has 2 unspecified atom stereocenters. The highest BCUT2D eigenvalue weighted by atomic mass is 16.7. The molecular weight excluding hydrogens is 188 g/mol. The van der Waals surface area contributed by atoms with E-state index < -0.39 is 0 Å². The lowest BCUT2D eigenvalue weighted by atomic mass is 9.97. The van der Waals surface area contributed by atoms with E-state index in [4.69, 9.17) is 9.47 Å². The molecule has 0 N–H and O–H groups in total. The molecule has 2 nitrogen and oxygen atoms in total. The second kappa shape index (κ2) is 4.60. The lowest BCUT2D eigenvalue weighted by molar-refractivity contribution is -0.169. The molecule has 2 heteroatoms. The quantitative estimate of drug-likeness (QED) is 0.689. The molecule has 1 aliphatic heterocycles. The first kappa shape index (κ1) is 10.4. The van der Waals surface area contributed by atoms with E-state index in [2.05, 4.69) is 18.7 Å². The third-order valence-electron chi connectivity index (χ3n) is 2.68. The van der Waals surface area contributed by atoms with Crippen LogP contribution in [0.15, 0.2) is 42.5 Å². The molecule has 0 spiro atoms. The zero-order valence-electron chi connectivity index (χ0n) is 8.98. The normalized spacial score (nSPS) is 26.6. The van der Waals surface area contributed by atoms with E-state index in [0.717, 1.165) is 12.8 Å². The van der Waals surface area contributed by atoms with Gasteiger partial charge in [0.15, 0.2) is 6.29 Å². The summed E-state index contributed by atoms with van der Waals surface area (Å²) >= 11 is 0. The molecule has 2 rings (SSSR count). The fraction of sp³-hybridized carbons (Fsp3) is 0.385. The Balaban J connectivity index is 2.12. The van der Waals surface area contributed by atoms with Gasteiger partial charge in [0.2, 0.25) is 0 Å². The topological polar surface area (TPSA) is 18.5 Å². The minimum atomic E-state index is -0.142. The van der Waals surface area contributed by atoms with Crippen molar-refractivity contribution in [2.24, 2.45) is 0 Å². The van der Waals surface area contributed by atoms with Gasteiger partial charge in [0.25, 0.3) is 0 Å². The summed E-state index contributed by atoms with van der Waals surface area (Å²) in [5.41, 5.74) is 2.39. The maximum Gasteiger partial charge on any atom is 0.161 e. The molecule has 0 amide bonds. The van der Waals surface area contributed by atoms with Gasteiger partial charge in [-0.05, 0) is 12.0 Å². The Morgan fingerprint density at radius 1 is 1.27 bits per heavy atom. The number of hydrogen-bond donors (Lipinski definition) is 0. The summed E-state index contributed by atoms with van der Waals surface area (Å²) < 4.78 is 11.0. The highest BCUT2D eigenvalue weighted by Gasteiger charge is 2.25. The molecule has 1 saturated heterocycles. The Bertz CT molecular complexity index is 332. The number of hydrogen-bond acceptors (Lipinski definition) is 2. The van der Waals surface area contributed by atoms with Gasteiger partial charge < -0.3 is 9.47 Å². The third-order valence-corrected chi connectivity index (χ3v) is 2.68. The molecule has 80 valence electrons. The van der Waals surface area contributed by atoms with Crippen LogP contribution in [0.5, 0.6) is 0 Å². The van der Waals surface area contributed by atoms with Crippen LogP contribution in [0.4, 0.5) is 0 Å². The molecule has 1 aromatic carbocycles. The Morgan fingerprint density at radius 2 is 2.00 bits per heavy atom. The summed E-state index contributed by atoms with van der Waals surface area (Å²) in [5, 5.41) is 0. The second-order valence-electron chi connectivity index (χ2n) is 3.86. The summed E-state index contributed by atoms with van der Waals surface area (Å²) in [6.45, 7) is 4.03. The van der Waals surface area contributed by atoms with Crippen LogP contribution in [0, 0.1) is 0 Å². The fourth-order valence-corrected chi connectivity index (χ4v) is 1.86. The minimum Gasteiger partial charge on any atom is -0.356 e. The van der Waals surface area contributed by atoms with Gasteiger partial charge in [-0.2, -0.15) is 0 Å². The molecule has 0 aromatic heterocycles. The second-order valence-corrected chi connectivity index (χ2v) is 3.86. The maximum absolute atomic E-state index is 5.81. The average Bonchev–Trinajstić information content (AvgIpc) is 2.29. The van der Waals surface area contributed by atoms with Gasteiger partial charge in [-0.1, -0.05) is 42.5 Å². The van der Waals surface area contributed by atoms with Gasteiger partial charge in [0.05, 0.1) is 6.10 Å². The van der Waals surface area contributed by atoms with Crippen molar-refractivity contribution in [2.45, 2.75) is 25.2 Å². The van der Waals surface area contributed by atoms with Crippen molar-refractivity contribution < 1.29 is 9.47 Å². The first-order valence-corrected chi connectivity index (χ1v) is 5.19. The first-order valence-electron chi connectivity index (χ1n) is 5.19. The number of ether oxygens (including phenoxy) is 2. The van der Waals surface area contributed by atoms with Crippen LogP contribution in [0.3, 0.4) is 0 Å². The standard InChI is InChI=1S/C13H16O2/c1-10-8-12(15-13(9-10)14-2)11-6-4-3-5-7-11/h3-7,12-13H,1,8-9H2,2H3. The van der Waals surface area contributed by atoms with E-state index in [9.17, 15) is 0 Å². The number of benzene rings is 1. The average molecular weight is 204 g/mol. The van der Waals surface area contributed by atoms with E-state index in [1.807, 2.05) is 18.2 Å². The minimum absolute atomic E-state index is 0.0948. The first-order chi connectivity index (χ1) is 7.29. The van der Waals surface area contributed by atoms with Crippen molar-refractivity contribution in [3.8, 4) is 0 Å². The van der Waals surface area contributed by atoms with E-state index in [1.165, 1.54) is 11.1 Å². The van der Waals surface area contributed by atoms with Crippen molar-refractivity contribution >= 4 is 0 Å². The molecule has 2 atom stereocenters. The monoisotopic (exact) mass is 204 g/mol. The Kier molecular flexibility index (Phi) is 3.19. The van der Waals surface area contributed by atoms with Gasteiger partial charge >= 0.3 is 0 Å². The fourth-order valence-electron chi connectivity index (χ4n) is 1.86. The van der Waals surface area contributed by atoms with Crippen molar-refractivity contribution in [1.82, 2.24) is 0 Å². The predicted molar refractivity (Wildman–Crippen MR) is 59.4 cm³/mol. The SMILES string of the molecule is C=C1CC(OC)OC(c2ccccc2)C1. The highest BCUT2D eigenvalue weighted by molar-refractivity contribution is 5.20. The van der Waals surface area contributed by atoms with Gasteiger partial charge in [-0.3, -0.25) is 0 Å². The van der Waals surface area contributed by atoms with Crippen LogP contribution in [-0.2, 0) is 9.47 Å². The Hall–Kier alpha value is -1.12. The van der Waals surface area contributed by atoms with Crippen LogP contribution in [0.1, 0.15) is 24.5 Å². The van der Waals surface area contributed by atoms with Crippen molar-refractivity contribution in [1.29, 1.82) is 0 Å². The van der Waals surface area contributed by atoms with Crippen LogP contribution < -0.4 is 0 Å². The van der Waals surface area contributed by atoms with Crippen molar-refractivity contribution in [3.05, 3.63) is 48.0 Å². The van der Waals surface area contributed by atoms with Crippen LogP contribution in [0.25, 0.3) is 0 Å². The summed E-state index contributed by atoms with van der Waals surface area (Å²) in [6.07, 6.45) is 1.65. The van der Waals surface area contributed by atoms with E-state index in [0.29, 0.717) is 0 Å². The molecule has 0 saturated carbocycles. The lowest BCUT2D eigenvalue weighted by Crippen LogP contribution is -2.25. The summed E-state index contributed by atoms with van der Waals surface area (Å²) in [5.74, 6) is 0. The molecule has 1 fully saturated rings. The van der Waals surface area contributed by atoms with Crippen molar-refractivity contribution in [2.75, 3.05) is 7.11 Å². The third kappa shape index (κ3) is 2.46. The Labute approximate surface area is 90.5 Å². The van der Waals surface area contributed by atoms with Crippen molar-refractivity contribution in [3.63, 3.8) is 0 Å². The summed E-state index contributed by atoms with van der Waals surface area (Å²) in [4.78, 5) is 0. The molecule has 0 aliphatic carbocycles. The lowest BCUT2D eigenvalue weighted by Gasteiger charge is -2.30. The zero-order chi connectivity index (χ0) is 10.7. The molecule has 1 aromatic rings. The van der Waals surface area contributed by atoms with E-state index in [-0.39, 0.29) is 12.4 Å². The largest absolute Gasteiger partial charge is 0.356 e. The smallest absolute Gasteiger partial charge is 0.161 e. The van der Waals surface area contributed by atoms with Crippen LogP contribution >= 0.6 is 0 Å². The van der Waals surface area contributed by atoms with Gasteiger partial charge in [-0.25, -0.2) is 0 Å². The summed E-state index contributed by atoms with van der Waals surface area (Å²) in [6, 6.07) is 10.2. The van der Waals surface area contributed by atoms with Crippen LogP contribution in [-0.4, -0.2) is 13.4 Å². The number of methoxy groups -OCH3 is 1. The molecule has 0 radical (unpaired) electrons. The Morgan fingerprint density at radius 3 is 2.67 bits per heavy atom. The van der Waals surface area contributed by atoms with E-state index in [1.54, 1.807) is 7.11 Å². The van der Waals surface area contributed by atoms with Gasteiger partial charge in [-0.15, -0.1) is 0 Å². The molecule has 1 heterocycles. The zero-order valence-corrected chi connectivity index (χ0v) is 8.98. The molecular formula is C13H16O2. The summed E-state index contributed by atoms with van der Waals surface area (Å²) in [7, 11) is 1.67. The van der Waals surface area contributed by atoms with Gasteiger partial charge in [0, 0.05) is 13.5 Å². The van der Waals surface area contributed by atoms with Crippen LogP contribution in [0.2, 0.25) is 0 Å². The molecule has 1 aliphatic rings. The highest BCUT2D eigenvalue weighted by Crippen LogP contribution is 2.33. The van der Waals surface area contributed by atoms with E-state index >= 15 is 0 Å². The number of rotatable bonds is 2. The predicted octanol–water partition coefficient (Wildman–Crippen LogP) is 3.07. The molecule has 0 bridgehead atoms. The molecule has 15 heavy (non-hydrogen) atoms. The maximum atomic E-state index is 5.81. The van der Waals surface area contributed by atoms with Gasteiger partial charge in [0.1, 0.15) is 0 Å².